The van der Waals surface area contributed by atoms with E-state index in [9.17, 15) is 19.5 Å². The molecule has 0 saturated heterocycles. The van der Waals surface area contributed by atoms with Crippen molar-refractivity contribution < 1.29 is 24.2 Å². The smallest absolute Gasteiger partial charge is 0.316 e. The molecule has 0 spiro atoms. The first-order valence-corrected chi connectivity index (χ1v) is 17.5. The molecule has 1 aromatic rings. The van der Waals surface area contributed by atoms with Crippen LogP contribution in [0, 0.1) is 39.9 Å². The average molecular weight is 629 g/mol. The molecule has 4 saturated carbocycles. The van der Waals surface area contributed by atoms with E-state index in [1.54, 1.807) is 4.68 Å². The Labute approximate surface area is 266 Å². The molecule has 44 heavy (non-hydrogen) atoms. The van der Waals surface area contributed by atoms with Gasteiger partial charge in [0.15, 0.2) is 0 Å². The zero-order chi connectivity index (χ0) is 32.1. The van der Waals surface area contributed by atoms with E-state index in [1.165, 1.54) is 24.6 Å². The number of aliphatic hydroxyl groups is 1. The molecule has 5 rings (SSSR count). The average Bonchev–Trinajstić information content (AvgIpc) is 3.58. The summed E-state index contributed by atoms with van der Waals surface area (Å²) >= 11 is 1.44. The topological polar surface area (TPSA) is 123 Å². The first-order chi connectivity index (χ1) is 20.6. The number of nitrogens with zero attached hydrogens (tertiary/aromatic N) is 3. The summed E-state index contributed by atoms with van der Waals surface area (Å²) in [6.07, 6.45) is 9.40. The van der Waals surface area contributed by atoms with Crippen LogP contribution in [0.5, 0.6) is 0 Å². The van der Waals surface area contributed by atoms with Gasteiger partial charge in [-0.3, -0.25) is 14.4 Å². The van der Waals surface area contributed by atoms with Gasteiger partial charge in [0.05, 0.1) is 17.6 Å². The van der Waals surface area contributed by atoms with E-state index >= 15 is 0 Å². The molecule has 4 fully saturated rings. The van der Waals surface area contributed by atoms with Crippen LogP contribution in [0.15, 0.2) is 18.9 Å². The van der Waals surface area contributed by atoms with Crippen molar-refractivity contribution in [2.75, 3.05) is 12.3 Å². The standard InChI is InChI=1S/C34H52N4O5S/c1-8-32(6)16-26(33(7)21(2)11-13-34(22(3)30(32)42)14-12-25(39)29(33)34)43-28(41)19-44-31(4,5)20-35-27(40)18-38-17-24(36-37-38)15-23-9-10-23/h8,17,21-23,26,29-30,42H,1,9-16,18-20H2,2-7H3,(H,35,40)/t21-,22+,26-,29+,30+,32-,33+,34+/m1/s1. The Balaban J connectivity index is 1.23. The van der Waals surface area contributed by atoms with Gasteiger partial charge < -0.3 is 15.2 Å². The Morgan fingerprint density at radius 2 is 1.98 bits per heavy atom. The Morgan fingerprint density at radius 3 is 2.66 bits per heavy atom. The predicted molar refractivity (Wildman–Crippen MR) is 171 cm³/mol. The second-order valence-electron chi connectivity index (χ2n) is 15.4. The fraction of sp³-hybridized carbons (Fsp3) is 0.794. The first kappa shape index (κ1) is 33.2. The van der Waals surface area contributed by atoms with Crippen molar-refractivity contribution in [2.24, 2.45) is 39.9 Å². The molecule has 244 valence electrons. The number of hydrogen-bond acceptors (Lipinski definition) is 8. The fourth-order valence-electron chi connectivity index (χ4n) is 8.64. The maximum Gasteiger partial charge on any atom is 0.316 e. The molecule has 0 aliphatic heterocycles. The van der Waals surface area contributed by atoms with Crippen molar-refractivity contribution >= 4 is 29.4 Å². The van der Waals surface area contributed by atoms with Crippen molar-refractivity contribution in [3.05, 3.63) is 24.5 Å². The summed E-state index contributed by atoms with van der Waals surface area (Å²) in [6, 6.07) is 0. The van der Waals surface area contributed by atoms with Crippen LogP contribution in [0.25, 0.3) is 0 Å². The third-order valence-corrected chi connectivity index (χ3v) is 13.3. The van der Waals surface area contributed by atoms with Gasteiger partial charge in [0.1, 0.15) is 18.4 Å². The van der Waals surface area contributed by atoms with Gasteiger partial charge in [-0.25, -0.2) is 4.68 Å². The monoisotopic (exact) mass is 628 g/mol. The van der Waals surface area contributed by atoms with Crippen LogP contribution in [0.3, 0.4) is 0 Å². The molecule has 9 nitrogen and oxygen atoms in total. The maximum atomic E-state index is 13.6. The number of ketones is 1. The highest BCUT2D eigenvalue weighted by Gasteiger charge is 2.68. The van der Waals surface area contributed by atoms with E-state index < -0.39 is 27.8 Å². The number of aliphatic hydroxyl groups excluding tert-OH is 1. The highest BCUT2D eigenvalue weighted by molar-refractivity contribution is 8.01. The Bertz CT molecular complexity index is 1280. The van der Waals surface area contributed by atoms with Crippen molar-refractivity contribution in [2.45, 2.75) is 116 Å². The quantitative estimate of drug-likeness (QED) is 0.266. The molecule has 0 radical (unpaired) electrons. The zero-order valence-corrected chi connectivity index (χ0v) is 28.3. The minimum absolute atomic E-state index is 0.0636. The van der Waals surface area contributed by atoms with Crippen molar-refractivity contribution in [3.8, 4) is 0 Å². The van der Waals surface area contributed by atoms with Crippen LogP contribution >= 0.6 is 11.8 Å². The molecular formula is C34H52N4O5S. The number of carbonyl (C=O) groups is 3. The number of esters is 1. The van der Waals surface area contributed by atoms with Crippen molar-refractivity contribution in [1.29, 1.82) is 0 Å². The number of nitrogens with one attached hydrogen (secondary N) is 1. The summed E-state index contributed by atoms with van der Waals surface area (Å²) in [6.45, 7) is 17.0. The molecule has 0 unspecified atom stereocenters. The largest absolute Gasteiger partial charge is 0.461 e. The Morgan fingerprint density at radius 1 is 1.25 bits per heavy atom. The van der Waals surface area contributed by atoms with Gasteiger partial charge in [-0.1, -0.05) is 39.0 Å². The SMILES string of the molecule is C=C[C@]1(C)C[C@@H](OC(=O)CSC(C)(C)CNC(=O)Cn2cc(CC3CC3)nn2)[C@]2(C)[C@H](C)CC[C@]3(CCC(=O)[C@H]32)[C@@H](C)[C@@H]1O. The number of amides is 1. The number of thioether (sulfide) groups is 1. The zero-order valence-electron chi connectivity index (χ0n) is 27.4. The highest BCUT2D eigenvalue weighted by atomic mass is 32.2. The number of hydrogen-bond donors (Lipinski definition) is 2. The number of rotatable bonds is 11. The summed E-state index contributed by atoms with van der Waals surface area (Å²) in [5.74, 6) is 0.457. The third-order valence-electron chi connectivity index (χ3n) is 12.0. The van der Waals surface area contributed by atoms with Gasteiger partial charge in [0.2, 0.25) is 5.91 Å². The predicted octanol–water partition coefficient (Wildman–Crippen LogP) is 4.77. The molecule has 2 bridgehead atoms. The molecule has 10 heteroatoms. The molecule has 4 aliphatic carbocycles. The lowest BCUT2D eigenvalue weighted by atomic mass is 9.44. The van der Waals surface area contributed by atoms with Crippen molar-refractivity contribution in [1.82, 2.24) is 20.3 Å². The van der Waals surface area contributed by atoms with Gasteiger partial charge in [0, 0.05) is 40.7 Å². The Kier molecular flexibility index (Phi) is 9.19. The molecule has 0 aromatic carbocycles. The van der Waals surface area contributed by atoms with E-state index in [1.807, 2.05) is 33.0 Å². The molecule has 1 heterocycles. The van der Waals surface area contributed by atoms with E-state index in [4.69, 9.17) is 4.74 Å². The van der Waals surface area contributed by atoms with Crippen molar-refractivity contribution in [3.63, 3.8) is 0 Å². The summed E-state index contributed by atoms with van der Waals surface area (Å²) in [5, 5.41) is 23.0. The first-order valence-electron chi connectivity index (χ1n) is 16.5. The minimum atomic E-state index is -0.688. The van der Waals surface area contributed by atoms with Gasteiger partial charge in [-0.05, 0) is 82.0 Å². The van der Waals surface area contributed by atoms with Gasteiger partial charge in [-0.15, -0.1) is 23.4 Å². The van der Waals surface area contributed by atoms with Crippen LogP contribution in [0.1, 0.15) is 92.2 Å². The minimum Gasteiger partial charge on any atom is -0.461 e. The summed E-state index contributed by atoms with van der Waals surface area (Å²) in [7, 11) is 0. The summed E-state index contributed by atoms with van der Waals surface area (Å²) in [5.41, 5.74) is -0.566. The number of Topliss-reactive ketones (excluding diaryl/α,β-unsaturated/α-hetero) is 1. The van der Waals surface area contributed by atoms with Crippen LogP contribution in [0.4, 0.5) is 0 Å². The van der Waals surface area contributed by atoms with Crippen LogP contribution in [0.2, 0.25) is 0 Å². The lowest BCUT2D eigenvalue weighted by Gasteiger charge is -2.61. The van der Waals surface area contributed by atoms with Crippen LogP contribution < -0.4 is 5.32 Å². The van der Waals surface area contributed by atoms with E-state index in [-0.39, 0.29) is 53.1 Å². The number of ether oxygens (including phenoxy) is 1. The fourth-order valence-corrected chi connectivity index (χ4v) is 9.39. The van der Waals surface area contributed by atoms with Gasteiger partial charge in [-0.2, -0.15) is 0 Å². The van der Waals surface area contributed by atoms with Crippen LogP contribution in [-0.2, 0) is 32.1 Å². The highest BCUT2D eigenvalue weighted by Crippen LogP contribution is 2.68. The number of carbonyl (C=O) groups excluding carboxylic acids is 3. The van der Waals surface area contributed by atoms with Crippen LogP contribution in [-0.4, -0.2) is 67.0 Å². The number of aromatic nitrogens is 3. The maximum absolute atomic E-state index is 13.6. The van der Waals surface area contributed by atoms with E-state index in [0.29, 0.717) is 25.3 Å². The molecule has 8 atom stereocenters. The second kappa shape index (κ2) is 12.2. The van der Waals surface area contributed by atoms with Gasteiger partial charge >= 0.3 is 5.97 Å². The molecule has 4 aliphatic rings. The molecule has 1 aromatic heterocycles. The summed E-state index contributed by atoms with van der Waals surface area (Å²) < 4.78 is 7.53. The lowest BCUT2D eigenvalue weighted by molar-refractivity contribution is -0.205. The van der Waals surface area contributed by atoms with Gasteiger partial charge in [0.25, 0.3) is 0 Å². The normalized spacial score (nSPS) is 37.1. The van der Waals surface area contributed by atoms with E-state index in [0.717, 1.165) is 31.4 Å². The van der Waals surface area contributed by atoms with E-state index in [2.05, 4.69) is 43.0 Å². The molecular weight excluding hydrogens is 576 g/mol. The lowest BCUT2D eigenvalue weighted by Crippen LogP contribution is -2.63. The Hall–Kier alpha value is -2.20. The second-order valence-corrected chi connectivity index (χ2v) is 17.1. The summed E-state index contributed by atoms with van der Waals surface area (Å²) in [4.78, 5) is 39.8. The molecule has 2 N–H and O–H groups in total. The third kappa shape index (κ3) is 6.26. The molecule has 1 amide bonds.